The van der Waals surface area contributed by atoms with Crippen LogP contribution in [-0.2, 0) is 50.9 Å². The summed E-state index contributed by atoms with van der Waals surface area (Å²) in [6, 6.07) is 15.3. The van der Waals surface area contributed by atoms with Crippen LogP contribution in [0.15, 0.2) is 53.5 Å². The molecule has 0 radical (unpaired) electrons. The highest BCUT2D eigenvalue weighted by atomic mass is 127. The fourth-order valence-corrected chi connectivity index (χ4v) is 10.4. The number of carboxylic acids is 1. The predicted molar refractivity (Wildman–Crippen MR) is 285 cm³/mol. The number of piperazine rings is 1. The number of aliphatic imine (C=N–C) groups is 1. The zero-order valence-corrected chi connectivity index (χ0v) is 45.9. The van der Waals surface area contributed by atoms with Crippen LogP contribution in [0.4, 0.5) is 0 Å². The fourth-order valence-electron chi connectivity index (χ4n) is 6.24. The molecule has 0 amide bonds. The zero-order chi connectivity index (χ0) is 47.2. The van der Waals surface area contributed by atoms with Gasteiger partial charge in [0.1, 0.15) is 23.9 Å². The summed E-state index contributed by atoms with van der Waals surface area (Å²) in [7, 11) is 0. The molecule has 1 fully saturated rings. The van der Waals surface area contributed by atoms with Crippen molar-refractivity contribution in [3.63, 3.8) is 0 Å². The molecular weight excluding hydrogens is 1310 g/mol. The Balaban J connectivity index is 0.864. The van der Waals surface area contributed by atoms with Crippen LogP contribution in [0.25, 0.3) is 0 Å². The Labute approximate surface area is 443 Å². The predicted octanol–water partition coefficient (Wildman–Crippen LogP) is 5.88. The highest BCUT2D eigenvalue weighted by Crippen LogP contribution is 2.37. The second-order valence-corrected chi connectivity index (χ2v) is 19.3. The summed E-state index contributed by atoms with van der Waals surface area (Å²) in [6.45, 7) is 14.8. The zero-order valence-electron chi connectivity index (χ0n) is 37.2. The third kappa shape index (κ3) is 24.8. The molecular formula is C45H63I4N5O12. The van der Waals surface area contributed by atoms with Crippen LogP contribution in [0.2, 0.25) is 0 Å². The summed E-state index contributed by atoms with van der Waals surface area (Å²) < 4.78 is 61.0. The van der Waals surface area contributed by atoms with Crippen molar-refractivity contribution >= 4 is 102 Å². The normalized spacial score (nSPS) is 13.2. The Morgan fingerprint density at radius 2 is 0.970 bits per heavy atom. The third-order valence-electron chi connectivity index (χ3n) is 9.58. The molecule has 21 heteroatoms. The van der Waals surface area contributed by atoms with Gasteiger partial charge in [0.15, 0.2) is 11.7 Å². The number of guanidine groups is 1. The van der Waals surface area contributed by atoms with Gasteiger partial charge in [0.2, 0.25) is 0 Å². The lowest BCUT2D eigenvalue weighted by molar-refractivity contribution is -0.136. The molecule has 0 aromatic heterocycles. The van der Waals surface area contributed by atoms with Crippen molar-refractivity contribution < 1.29 is 57.3 Å². The molecule has 3 aromatic rings. The van der Waals surface area contributed by atoms with Crippen molar-refractivity contribution in [2.24, 2.45) is 16.5 Å². The Hall–Kier alpha value is -1.64. The minimum Gasteiger partial charge on any atom is -0.491 e. The molecule has 3 aromatic carbocycles. The number of nitrogens with two attached hydrogens (primary N) is 2. The number of carbonyl (C=O) groups is 1. The lowest BCUT2D eigenvalue weighted by atomic mass is 10.1. The maximum atomic E-state index is 11.1. The number of halogens is 4. The van der Waals surface area contributed by atoms with Gasteiger partial charge in [-0.05, 0) is 144 Å². The Kier molecular flexibility index (Phi) is 29.9. The molecule has 0 atom stereocenters. The molecule has 5 N–H and O–H groups in total. The molecule has 0 unspecified atom stereocenters. The van der Waals surface area contributed by atoms with Gasteiger partial charge >= 0.3 is 5.97 Å². The van der Waals surface area contributed by atoms with E-state index in [0.29, 0.717) is 118 Å². The first-order valence-corrected chi connectivity index (χ1v) is 26.1. The van der Waals surface area contributed by atoms with Crippen LogP contribution in [0.3, 0.4) is 0 Å². The second-order valence-electron chi connectivity index (χ2n) is 14.7. The van der Waals surface area contributed by atoms with E-state index in [1.54, 1.807) is 0 Å². The van der Waals surface area contributed by atoms with E-state index in [2.05, 4.69) is 105 Å². The number of benzene rings is 3. The van der Waals surface area contributed by atoms with E-state index in [9.17, 15) is 4.79 Å². The molecule has 1 aliphatic heterocycles. The molecule has 4 rings (SSSR count). The molecule has 0 aliphatic carbocycles. The first-order chi connectivity index (χ1) is 32.1. The SMILES string of the molecule is NC(N)=NCc1ccc(OCCOCCOCCOCCOCCOCCOCCOCCN2CCN(CCCOc3c(I)cc(Oc4c(I)cc(CC(=O)O)cc4I)cc3I)CC2)cc1. The lowest BCUT2D eigenvalue weighted by Crippen LogP contribution is -2.47. The van der Waals surface area contributed by atoms with E-state index in [4.69, 9.17) is 63.9 Å². The van der Waals surface area contributed by atoms with E-state index < -0.39 is 5.97 Å². The number of nitrogens with zero attached hydrogens (tertiary/aromatic N) is 3. The number of ether oxygens (including phenoxy) is 10. The van der Waals surface area contributed by atoms with Gasteiger partial charge in [0.05, 0.1) is 126 Å². The average molecular weight is 1370 g/mol. The summed E-state index contributed by atoms with van der Waals surface area (Å²) in [6.07, 6.45) is 0.925. The van der Waals surface area contributed by atoms with Crippen LogP contribution in [-0.4, -0.2) is 172 Å². The molecule has 368 valence electrons. The quantitative estimate of drug-likeness (QED) is 0.0270. The van der Waals surface area contributed by atoms with Gasteiger partial charge in [0, 0.05) is 39.3 Å². The summed E-state index contributed by atoms with van der Waals surface area (Å²) >= 11 is 8.97. The smallest absolute Gasteiger partial charge is 0.307 e. The number of aliphatic carboxylic acids is 1. The number of rotatable bonds is 36. The summed E-state index contributed by atoms with van der Waals surface area (Å²) in [5.41, 5.74) is 12.5. The van der Waals surface area contributed by atoms with Gasteiger partial charge in [-0.25, -0.2) is 4.99 Å². The minimum absolute atomic E-state index is 0.0184. The van der Waals surface area contributed by atoms with E-state index in [-0.39, 0.29) is 12.4 Å². The van der Waals surface area contributed by atoms with Gasteiger partial charge < -0.3 is 68.8 Å². The highest BCUT2D eigenvalue weighted by Gasteiger charge is 2.18. The van der Waals surface area contributed by atoms with E-state index in [1.165, 1.54) is 0 Å². The molecule has 0 bridgehead atoms. The maximum absolute atomic E-state index is 11.1. The standard InChI is InChI=1S/C45H63I4N5O12/c46-38-28-35(30-42(55)56)29-39(47)44(38)66-37-31-40(48)43(41(49)32-37)65-12-1-6-53-7-9-54(10-8-53)11-13-57-14-15-58-16-17-59-18-19-60-20-21-61-22-23-62-24-25-63-26-27-64-36-4-2-34(3-5-36)33-52-45(50)51/h2-5,28-29,31-32H,1,6-27,30,33H2,(H,55,56)(H4,50,51,52). The van der Waals surface area contributed by atoms with Crippen LogP contribution in [0.5, 0.6) is 23.0 Å². The van der Waals surface area contributed by atoms with Crippen LogP contribution in [0.1, 0.15) is 17.5 Å². The Morgan fingerprint density at radius 3 is 1.44 bits per heavy atom. The van der Waals surface area contributed by atoms with Crippen molar-refractivity contribution in [2.75, 3.05) is 145 Å². The van der Waals surface area contributed by atoms with Gasteiger partial charge in [-0.15, -0.1) is 0 Å². The largest absolute Gasteiger partial charge is 0.491 e. The summed E-state index contributed by atoms with van der Waals surface area (Å²) in [5, 5.41) is 9.15. The molecule has 1 saturated heterocycles. The fraction of sp³-hybridized carbons (Fsp3) is 0.556. The Morgan fingerprint density at radius 1 is 0.530 bits per heavy atom. The third-order valence-corrected chi connectivity index (χ3v) is 12.8. The van der Waals surface area contributed by atoms with Gasteiger partial charge in [-0.1, -0.05) is 12.1 Å². The van der Waals surface area contributed by atoms with Crippen molar-refractivity contribution in [3.05, 3.63) is 73.9 Å². The summed E-state index contributed by atoms with van der Waals surface area (Å²) in [5.74, 6) is 2.28. The van der Waals surface area contributed by atoms with Gasteiger partial charge in [-0.3, -0.25) is 9.69 Å². The molecule has 1 heterocycles. The lowest BCUT2D eigenvalue weighted by Gasteiger charge is -2.34. The van der Waals surface area contributed by atoms with Gasteiger partial charge in [-0.2, -0.15) is 0 Å². The van der Waals surface area contributed by atoms with Crippen molar-refractivity contribution in [1.82, 2.24) is 9.80 Å². The Bertz CT molecular complexity index is 1810. The average Bonchev–Trinajstić information content (AvgIpc) is 3.28. The van der Waals surface area contributed by atoms with Gasteiger partial charge in [0.25, 0.3) is 0 Å². The van der Waals surface area contributed by atoms with Crippen LogP contribution in [0, 0.1) is 14.3 Å². The molecule has 66 heavy (non-hydrogen) atoms. The topological polar surface area (TPSA) is 200 Å². The first kappa shape index (κ1) is 56.9. The van der Waals surface area contributed by atoms with Crippen molar-refractivity contribution in [1.29, 1.82) is 0 Å². The molecule has 1 aliphatic rings. The van der Waals surface area contributed by atoms with Crippen molar-refractivity contribution in [3.8, 4) is 23.0 Å². The van der Waals surface area contributed by atoms with E-state index in [1.807, 2.05) is 48.5 Å². The molecule has 17 nitrogen and oxygen atoms in total. The van der Waals surface area contributed by atoms with E-state index >= 15 is 0 Å². The van der Waals surface area contributed by atoms with E-state index in [0.717, 1.165) is 88.3 Å². The molecule has 0 spiro atoms. The highest BCUT2D eigenvalue weighted by molar-refractivity contribution is 14.1. The number of hydrogen-bond acceptors (Lipinski definition) is 14. The minimum atomic E-state index is -0.854. The molecule has 0 saturated carbocycles. The van der Waals surface area contributed by atoms with Crippen LogP contribution < -0.4 is 25.7 Å². The first-order valence-electron chi connectivity index (χ1n) is 21.8. The summed E-state index contributed by atoms with van der Waals surface area (Å²) in [4.78, 5) is 20.1. The number of carboxylic acid groups (broad SMARTS) is 1. The maximum Gasteiger partial charge on any atom is 0.307 e. The van der Waals surface area contributed by atoms with Crippen LogP contribution >= 0.6 is 90.4 Å². The van der Waals surface area contributed by atoms with Crippen molar-refractivity contribution in [2.45, 2.75) is 19.4 Å². The number of hydrogen-bond donors (Lipinski definition) is 3. The monoisotopic (exact) mass is 1370 g/mol. The second kappa shape index (κ2) is 34.6.